The van der Waals surface area contributed by atoms with Gasteiger partial charge in [-0.2, -0.15) is 0 Å². The van der Waals surface area contributed by atoms with E-state index in [-0.39, 0.29) is 0 Å². The topological polar surface area (TPSA) is 0 Å². The lowest BCUT2D eigenvalue weighted by atomic mass is 10.1. The molecule has 0 N–H and O–H groups in total. The largest absolute Gasteiger partial charge is 0.204 e. The van der Waals surface area contributed by atoms with Crippen LogP contribution < -0.4 is 0 Å². The molecule has 0 aromatic heterocycles. The summed E-state index contributed by atoms with van der Waals surface area (Å²) in [7, 11) is 0. The van der Waals surface area contributed by atoms with E-state index < -0.39 is 11.6 Å². The first-order valence-electron chi connectivity index (χ1n) is 4.05. The van der Waals surface area contributed by atoms with E-state index in [1.54, 1.807) is 6.07 Å². The molecule has 2 rings (SSSR count). The quantitative estimate of drug-likeness (QED) is 0.635. The molecule has 1 saturated carbocycles. The fourth-order valence-electron chi connectivity index (χ4n) is 1.15. The van der Waals surface area contributed by atoms with Crippen molar-refractivity contribution in [2.45, 2.75) is 12.8 Å². The lowest BCUT2D eigenvalue weighted by Gasteiger charge is -1.98. The Bertz CT molecular complexity index is 290. The fourth-order valence-corrected chi connectivity index (χ4v) is 1.15. The lowest BCUT2D eigenvalue weighted by molar-refractivity contribution is 0.508. The molecule has 12 heavy (non-hydrogen) atoms. The first-order valence-corrected chi connectivity index (χ1v) is 4.05. The highest BCUT2D eigenvalue weighted by Gasteiger charge is 2.22. The Kier molecular flexibility index (Phi) is 1.83. The van der Waals surface area contributed by atoms with Crippen molar-refractivity contribution < 1.29 is 8.78 Å². The van der Waals surface area contributed by atoms with Crippen molar-refractivity contribution in [3.8, 4) is 0 Å². The minimum atomic E-state index is -0.775. The molecule has 0 atom stereocenters. The second-order valence-corrected chi connectivity index (χ2v) is 3.18. The highest BCUT2D eigenvalue weighted by Crippen LogP contribution is 2.34. The zero-order valence-electron chi connectivity index (χ0n) is 6.56. The van der Waals surface area contributed by atoms with Gasteiger partial charge in [0.15, 0.2) is 11.6 Å². The Morgan fingerprint density at radius 2 is 1.92 bits per heavy atom. The van der Waals surface area contributed by atoms with E-state index in [0.717, 1.165) is 5.56 Å². The van der Waals surface area contributed by atoms with Gasteiger partial charge in [0.25, 0.3) is 0 Å². The van der Waals surface area contributed by atoms with Crippen LogP contribution in [0.2, 0.25) is 0 Å². The van der Waals surface area contributed by atoms with Crippen LogP contribution in [0.4, 0.5) is 8.78 Å². The van der Waals surface area contributed by atoms with Gasteiger partial charge < -0.3 is 0 Å². The molecule has 2 heteroatoms. The standard InChI is InChI=1S/C10H9F2/c11-9-4-3-8(6-10(9)12)5-7-1-2-7/h3-7H,1-2H2. The zero-order valence-corrected chi connectivity index (χ0v) is 6.56. The molecular formula is C10H9F2. The van der Waals surface area contributed by atoms with Crippen LogP contribution in [0.25, 0.3) is 0 Å². The molecule has 1 fully saturated rings. The minimum absolute atomic E-state index is 0.592. The Labute approximate surface area is 70.2 Å². The van der Waals surface area contributed by atoms with Gasteiger partial charge in [-0.3, -0.25) is 0 Å². The van der Waals surface area contributed by atoms with Crippen LogP contribution >= 0.6 is 0 Å². The van der Waals surface area contributed by atoms with Crippen LogP contribution in [0.15, 0.2) is 18.2 Å². The molecule has 0 nitrogen and oxygen atoms in total. The van der Waals surface area contributed by atoms with Gasteiger partial charge >= 0.3 is 0 Å². The molecule has 63 valence electrons. The Hall–Kier alpha value is -0.920. The third-order valence-corrected chi connectivity index (χ3v) is 1.99. The zero-order chi connectivity index (χ0) is 8.55. The monoisotopic (exact) mass is 167 g/mol. The first-order chi connectivity index (χ1) is 5.75. The molecule has 1 aromatic carbocycles. The number of halogens is 2. The summed E-state index contributed by atoms with van der Waals surface area (Å²) in [5.41, 5.74) is 0.788. The Morgan fingerprint density at radius 3 is 2.50 bits per heavy atom. The molecule has 0 aliphatic heterocycles. The van der Waals surface area contributed by atoms with Crippen molar-refractivity contribution in [1.29, 1.82) is 0 Å². The summed E-state index contributed by atoms with van der Waals surface area (Å²) in [4.78, 5) is 0. The summed E-state index contributed by atoms with van der Waals surface area (Å²) >= 11 is 0. The van der Waals surface area contributed by atoms with Gasteiger partial charge in [0.05, 0.1) is 0 Å². The average Bonchev–Trinajstić information content (AvgIpc) is 2.81. The van der Waals surface area contributed by atoms with Gasteiger partial charge in [-0.1, -0.05) is 6.07 Å². The highest BCUT2D eigenvalue weighted by atomic mass is 19.2. The van der Waals surface area contributed by atoms with Gasteiger partial charge in [-0.15, -0.1) is 0 Å². The molecule has 0 bridgehead atoms. The van der Waals surface area contributed by atoms with Crippen LogP contribution in [0, 0.1) is 24.0 Å². The predicted octanol–water partition coefficient (Wildman–Crippen LogP) is 2.93. The van der Waals surface area contributed by atoms with Gasteiger partial charge in [0, 0.05) is 0 Å². The average molecular weight is 167 g/mol. The summed E-state index contributed by atoms with van der Waals surface area (Å²) in [5.74, 6) is -0.942. The number of rotatable bonds is 2. The van der Waals surface area contributed by atoms with E-state index >= 15 is 0 Å². The van der Waals surface area contributed by atoms with Crippen LogP contribution in [0.1, 0.15) is 18.4 Å². The number of hydrogen-bond donors (Lipinski definition) is 0. The molecule has 0 saturated heterocycles. The van der Waals surface area contributed by atoms with Crippen LogP contribution in [-0.2, 0) is 0 Å². The van der Waals surface area contributed by atoms with Gasteiger partial charge in [0.2, 0.25) is 0 Å². The molecule has 0 unspecified atom stereocenters. The number of benzene rings is 1. The van der Waals surface area contributed by atoms with Crippen molar-refractivity contribution in [2.24, 2.45) is 5.92 Å². The van der Waals surface area contributed by atoms with Crippen molar-refractivity contribution in [3.63, 3.8) is 0 Å². The van der Waals surface area contributed by atoms with E-state index in [1.165, 1.54) is 25.0 Å². The van der Waals surface area contributed by atoms with E-state index in [2.05, 4.69) is 0 Å². The first kappa shape index (κ1) is 7.71. The molecule has 0 spiro atoms. The summed E-state index contributed by atoms with van der Waals surface area (Å²) < 4.78 is 25.1. The minimum Gasteiger partial charge on any atom is -0.204 e. The van der Waals surface area contributed by atoms with Crippen LogP contribution in [0.5, 0.6) is 0 Å². The summed E-state index contributed by atoms with van der Waals surface area (Å²) in [6.45, 7) is 0. The second-order valence-electron chi connectivity index (χ2n) is 3.18. The van der Waals surface area contributed by atoms with Crippen molar-refractivity contribution >= 4 is 0 Å². The van der Waals surface area contributed by atoms with Crippen molar-refractivity contribution in [1.82, 2.24) is 0 Å². The van der Waals surface area contributed by atoms with Crippen LogP contribution in [0.3, 0.4) is 0 Å². The van der Waals surface area contributed by atoms with E-state index in [0.29, 0.717) is 5.92 Å². The fraction of sp³-hybridized carbons (Fsp3) is 0.300. The molecular weight excluding hydrogens is 158 g/mol. The van der Waals surface area contributed by atoms with Gasteiger partial charge in [-0.25, -0.2) is 8.78 Å². The second kappa shape index (κ2) is 2.85. The van der Waals surface area contributed by atoms with Crippen LogP contribution in [-0.4, -0.2) is 0 Å². The van der Waals surface area contributed by atoms with E-state index in [4.69, 9.17) is 0 Å². The Balaban J connectivity index is 2.15. The molecule has 0 amide bonds. The molecule has 1 radical (unpaired) electrons. The predicted molar refractivity (Wildman–Crippen MR) is 42.5 cm³/mol. The SMILES string of the molecule is Fc1ccc([CH]C2CC2)cc1F. The molecule has 0 heterocycles. The van der Waals surface area contributed by atoms with Crippen molar-refractivity contribution in [3.05, 3.63) is 41.8 Å². The third-order valence-electron chi connectivity index (χ3n) is 1.99. The highest BCUT2D eigenvalue weighted by molar-refractivity contribution is 5.26. The molecule has 1 aliphatic rings. The van der Waals surface area contributed by atoms with Gasteiger partial charge in [-0.05, 0) is 42.9 Å². The van der Waals surface area contributed by atoms with Gasteiger partial charge in [0.1, 0.15) is 0 Å². The van der Waals surface area contributed by atoms with E-state index in [9.17, 15) is 8.78 Å². The maximum Gasteiger partial charge on any atom is 0.159 e. The molecule has 1 aliphatic carbocycles. The molecule has 1 aromatic rings. The number of hydrogen-bond acceptors (Lipinski definition) is 0. The van der Waals surface area contributed by atoms with Crippen molar-refractivity contribution in [2.75, 3.05) is 0 Å². The third kappa shape index (κ3) is 1.63. The normalized spacial score (nSPS) is 16.5. The lowest BCUT2D eigenvalue weighted by Crippen LogP contribution is -1.88. The summed E-state index contributed by atoms with van der Waals surface area (Å²) in [6.07, 6.45) is 4.35. The Morgan fingerprint density at radius 1 is 1.17 bits per heavy atom. The summed E-state index contributed by atoms with van der Waals surface area (Å²) in [5, 5.41) is 0. The maximum absolute atomic E-state index is 12.7. The smallest absolute Gasteiger partial charge is 0.159 e. The van der Waals surface area contributed by atoms with E-state index in [1.807, 2.05) is 6.42 Å². The summed E-state index contributed by atoms with van der Waals surface area (Å²) in [6, 6.07) is 4.02. The maximum atomic E-state index is 12.7.